The summed E-state index contributed by atoms with van der Waals surface area (Å²) >= 11 is 0. The molecular formula is C24H41N3O16. The monoisotopic (exact) mass is 627 g/mol. The van der Waals surface area contributed by atoms with Crippen molar-refractivity contribution in [3.8, 4) is 0 Å². The number of ether oxygens (including phenoxy) is 5. The number of amides is 3. The molecule has 0 bridgehead atoms. The highest BCUT2D eigenvalue weighted by Crippen LogP contribution is 2.32. The Morgan fingerprint density at radius 1 is 0.558 bits per heavy atom. The first-order chi connectivity index (χ1) is 20.2. The van der Waals surface area contributed by atoms with Crippen LogP contribution in [0, 0.1) is 0 Å². The van der Waals surface area contributed by atoms with E-state index in [-0.39, 0.29) is 0 Å². The van der Waals surface area contributed by atoms with Crippen LogP contribution in [0.5, 0.6) is 0 Å². The fraction of sp³-hybridized carbons (Fsp3) is 0.875. The molecule has 0 aromatic rings. The summed E-state index contributed by atoms with van der Waals surface area (Å²) in [4.78, 5) is 35.5. The lowest BCUT2D eigenvalue weighted by atomic mass is 9.93. The summed E-state index contributed by atoms with van der Waals surface area (Å²) in [5.41, 5.74) is 0. The maximum atomic E-state index is 12.1. The fourth-order valence-electron chi connectivity index (χ4n) is 5.28. The SMILES string of the molecule is CC(=O)N[C@@H]1[C@@H](O[C@@H]2[C@@H](O)[C@H](NC(C)=O)[C@@H](O[C@H]3[C@H](O)[C@@H](NC(C)=O)[C@H](O)O[C@@H]3CO)O[C@H]2CO)O[C@@H](CO)[C@H](O)[C@H]1O. The molecule has 11 N–H and O–H groups in total. The third kappa shape index (κ3) is 8.14. The zero-order valence-corrected chi connectivity index (χ0v) is 23.6. The Hall–Kier alpha value is -2.11. The van der Waals surface area contributed by atoms with Gasteiger partial charge in [0.05, 0.1) is 19.8 Å². The molecule has 3 aliphatic heterocycles. The highest BCUT2D eigenvalue weighted by Gasteiger charge is 2.54. The van der Waals surface area contributed by atoms with E-state index in [1.165, 1.54) is 0 Å². The van der Waals surface area contributed by atoms with E-state index < -0.39 is 129 Å². The minimum Gasteiger partial charge on any atom is -0.394 e. The molecule has 0 aliphatic carbocycles. The van der Waals surface area contributed by atoms with Gasteiger partial charge in [0.15, 0.2) is 18.9 Å². The first-order valence-corrected chi connectivity index (χ1v) is 13.5. The van der Waals surface area contributed by atoms with Gasteiger partial charge in [-0.3, -0.25) is 14.4 Å². The molecular weight excluding hydrogens is 586 g/mol. The van der Waals surface area contributed by atoms with Crippen LogP contribution in [0.2, 0.25) is 0 Å². The van der Waals surface area contributed by atoms with Crippen molar-refractivity contribution in [2.45, 2.75) is 113 Å². The molecule has 0 spiro atoms. The van der Waals surface area contributed by atoms with Gasteiger partial charge in [-0.2, -0.15) is 0 Å². The van der Waals surface area contributed by atoms with Crippen molar-refractivity contribution in [2.24, 2.45) is 0 Å². The maximum absolute atomic E-state index is 12.1. The molecule has 0 unspecified atom stereocenters. The Kier molecular flexibility index (Phi) is 12.5. The molecule has 0 aromatic heterocycles. The molecule has 3 aliphatic rings. The highest BCUT2D eigenvalue weighted by atomic mass is 16.7. The predicted molar refractivity (Wildman–Crippen MR) is 136 cm³/mol. The van der Waals surface area contributed by atoms with Crippen LogP contribution in [0.1, 0.15) is 20.8 Å². The van der Waals surface area contributed by atoms with E-state index in [1.54, 1.807) is 0 Å². The number of rotatable bonds is 10. The topological polar surface area (TPSA) is 295 Å². The smallest absolute Gasteiger partial charge is 0.217 e. The van der Waals surface area contributed by atoms with Crippen molar-refractivity contribution in [3.63, 3.8) is 0 Å². The van der Waals surface area contributed by atoms with Gasteiger partial charge < -0.3 is 80.5 Å². The van der Waals surface area contributed by atoms with Crippen LogP contribution >= 0.6 is 0 Å². The third-order valence-electron chi connectivity index (χ3n) is 7.30. The zero-order valence-electron chi connectivity index (χ0n) is 23.6. The summed E-state index contributed by atoms with van der Waals surface area (Å²) in [6.45, 7) is 0.995. The average Bonchev–Trinajstić information content (AvgIpc) is 2.94. The van der Waals surface area contributed by atoms with Crippen LogP contribution in [0.3, 0.4) is 0 Å². The van der Waals surface area contributed by atoms with Crippen molar-refractivity contribution in [1.29, 1.82) is 0 Å². The van der Waals surface area contributed by atoms with Crippen molar-refractivity contribution >= 4 is 17.7 Å². The Morgan fingerprint density at radius 2 is 0.930 bits per heavy atom. The van der Waals surface area contributed by atoms with E-state index in [1.807, 2.05) is 0 Å². The second-order valence-corrected chi connectivity index (χ2v) is 10.5. The third-order valence-corrected chi connectivity index (χ3v) is 7.30. The standard InChI is InChI=1S/C24H41N3O16/c1-7(31)25-13-18(36)20(11(5-29)39-22(13)38)42-24-15(27-9(3)33)19(37)21(12(6-30)41-24)43-23-14(26-8(2)32)17(35)16(34)10(4-28)40-23/h10-24,28-30,34-38H,4-6H2,1-3H3,(H,25,31)(H,26,32)(H,27,33)/t10-,11+,12-,13+,14-,15-,16-,17-,18+,19-,20+,21-,22+,23+,24+/m0/s1. The van der Waals surface area contributed by atoms with Crippen molar-refractivity contribution in [3.05, 3.63) is 0 Å². The maximum Gasteiger partial charge on any atom is 0.217 e. The zero-order chi connectivity index (χ0) is 32.2. The summed E-state index contributed by atoms with van der Waals surface area (Å²) < 4.78 is 28.3. The number of carbonyl (C=O) groups is 3. The summed E-state index contributed by atoms with van der Waals surface area (Å²) in [6, 6.07) is -4.31. The number of hydrogen-bond acceptors (Lipinski definition) is 16. The van der Waals surface area contributed by atoms with Gasteiger partial charge in [-0.1, -0.05) is 0 Å². The van der Waals surface area contributed by atoms with E-state index in [2.05, 4.69) is 16.0 Å². The average molecular weight is 628 g/mol. The van der Waals surface area contributed by atoms with E-state index in [9.17, 15) is 55.2 Å². The lowest BCUT2D eigenvalue weighted by molar-refractivity contribution is -0.351. The minimum absolute atomic E-state index is 0.628. The van der Waals surface area contributed by atoms with Gasteiger partial charge in [-0.05, 0) is 0 Å². The first-order valence-electron chi connectivity index (χ1n) is 13.5. The second kappa shape index (κ2) is 15.3. The molecule has 3 heterocycles. The summed E-state index contributed by atoms with van der Waals surface area (Å²) in [6.07, 6.45) is -19.0. The second-order valence-electron chi connectivity index (χ2n) is 10.5. The molecule has 0 aromatic carbocycles. The number of aliphatic hydroxyl groups is 8. The van der Waals surface area contributed by atoms with Crippen LogP contribution < -0.4 is 16.0 Å². The molecule has 43 heavy (non-hydrogen) atoms. The molecule has 3 saturated heterocycles. The van der Waals surface area contributed by atoms with E-state index in [0.717, 1.165) is 20.8 Å². The molecule has 15 atom stereocenters. The van der Waals surface area contributed by atoms with Gasteiger partial charge in [-0.15, -0.1) is 0 Å². The first kappa shape index (κ1) is 35.4. The van der Waals surface area contributed by atoms with Crippen LogP contribution in [0.15, 0.2) is 0 Å². The molecule has 0 saturated carbocycles. The van der Waals surface area contributed by atoms with Gasteiger partial charge in [0.25, 0.3) is 0 Å². The fourth-order valence-corrected chi connectivity index (χ4v) is 5.28. The van der Waals surface area contributed by atoms with E-state index in [4.69, 9.17) is 23.7 Å². The van der Waals surface area contributed by atoms with E-state index >= 15 is 0 Å². The molecule has 248 valence electrons. The van der Waals surface area contributed by atoms with Gasteiger partial charge in [0.1, 0.15) is 73.1 Å². The van der Waals surface area contributed by atoms with Gasteiger partial charge in [0, 0.05) is 20.8 Å². The minimum atomic E-state index is -1.77. The molecule has 19 nitrogen and oxygen atoms in total. The van der Waals surface area contributed by atoms with Crippen LogP contribution in [0.4, 0.5) is 0 Å². The summed E-state index contributed by atoms with van der Waals surface area (Å²) in [5, 5.41) is 90.0. The molecule has 0 radical (unpaired) electrons. The van der Waals surface area contributed by atoms with Crippen molar-refractivity contribution in [2.75, 3.05) is 19.8 Å². The predicted octanol–water partition coefficient (Wildman–Crippen LogP) is -7.14. The Balaban J connectivity index is 1.89. The number of aliphatic hydroxyl groups excluding tert-OH is 8. The Morgan fingerprint density at radius 3 is 1.37 bits per heavy atom. The molecule has 19 heteroatoms. The quantitative estimate of drug-likeness (QED) is 0.107. The normalized spacial score (nSPS) is 43.5. The summed E-state index contributed by atoms with van der Waals surface area (Å²) in [7, 11) is 0. The van der Waals surface area contributed by atoms with Crippen LogP contribution in [-0.4, -0.2) is 170 Å². The van der Waals surface area contributed by atoms with Crippen molar-refractivity contribution in [1.82, 2.24) is 16.0 Å². The van der Waals surface area contributed by atoms with Gasteiger partial charge in [-0.25, -0.2) is 0 Å². The van der Waals surface area contributed by atoms with E-state index in [0.29, 0.717) is 0 Å². The lowest BCUT2D eigenvalue weighted by Crippen LogP contribution is -2.71. The Labute approximate surface area is 245 Å². The van der Waals surface area contributed by atoms with Gasteiger partial charge >= 0.3 is 0 Å². The largest absolute Gasteiger partial charge is 0.394 e. The highest BCUT2D eigenvalue weighted by molar-refractivity contribution is 5.74. The van der Waals surface area contributed by atoms with Gasteiger partial charge in [0.2, 0.25) is 17.7 Å². The Bertz CT molecular complexity index is 962. The number of carbonyl (C=O) groups excluding carboxylic acids is 3. The lowest BCUT2D eigenvalue weighted by Gasteiger charge is -2.49. The molecule has 3 fully saturated rings. The molecule has 3 rings (SSSR count). The van der Waals surface area contributed by atoms with Crippen LogP contribution in [-0.2, 0) is 38.1 Å². The van der Waals surface area contributed by atoms with Crippen LogP contribution in [0.25, 0.3) is 0 Å². The molecule has 3 amide bonds. The summed E-state index contributed by atoms with van der Waals surface area (Å²) in [5.74, 6) is -1.96. The number of hydrogen-bond donors (Lipinski definition) is 11. The van der Waals surface area contributed by atoms with Crippen molar-refractivity contribution < 1.29 is 78.9 Å². The number of nitrogens with one attached hydrogen (secondary N) is 3.